The summed E-state index contributed by atoms with van der Waals surface area (Å²) < 4.78 is 1.20. The number of aromatic nitrogens is 6. The third-order valence-electron chi connectivity index (χ3n) is 1.98. The molecular weight excluding hydrogens is 292 g/mol. The zero-order chi connectivity index (χ0) is 13.8. The lowest BCUT2D eigenvalue weighted by Crippen LogP contribution is -2.11. The number of nitrogens with zero attached hydrogens (tertiary/aromatic N) is 6. The standard InChI is InChI=1S/C9H9ClN6O2S/c1-5-2-6(10)12-7(11-5)4-19-9-13-14-15-16(9)3-8(17)18/h2H,3-4H2,1H3,(H,17,18). The van der Waals surface area contributed by atoms with E-state index in [0.717, 1.165) is 5.69 Å². The Kier molecular flexibility index (Phi) is 4.27. The van der Waals surface area contributed by atoms with Crippen molar-refractivity contribution in [1.29, 1.82) is 0 Å². The number of halogens is 1. The summed E-state index contributed by atoms with van der Waals surface area (Å²) in [5.74, 6) is -0.0645. The zero-order valence-corrected chi connectivity index (χ0v) is 11.4. The molecule has 0 bridgehead atoms. The van der Waals surface area contributed by atoms with Crippen LogP contribution in [0.3, 0.4) is 0 Å². The molecule has 0 radical (unpaired) electrons. The molecule has 0 aromatic carbocycles. The van der Waals surface area contributed by atoms with Crippen molar-refractivity contribution in [3.05, 3.63) is 22.7 Å². The molecule has 0 atom stereocenters. The number of hydrogen-bond donors (Lipinski definition) is 1. The van der Waals surface area contributed by atoms with Crippen LogP contribution in [0.25, 0.3) is 0 Å². The second-order valence-electron chi connectivity index (χ2n) is 3.55. The van der Waals surface area contributed by atoms with Crippen LogP contribution >= 0.6 is 23.4 Å². The number of aliphatic carboxylic acids is 1. The molecule has 2 aromatic heterocycles. The van der Waals surface area contributed by atoms with E-state index in [2.05, 4.69) is 25.5 Å². The van der Waals surface area contributed by atoms with E-state index in [1.54, 1.807) is 6.07 Å². The second kappa shape index (κ2) is 5.93. The van der Waals surface area contributed by atoms with Crippen molar-refractivity contribution in [2.24, 2.45) is 0 Å². The van der Waals surface area contributed by atoms with Gasteiger partial charge < -0.3 is 5.11 Å². The third kappa shape index (κ3) is 3.86. The predicted octanol–water partition coefficient (Wildman–Crippen LogP) is 0.802. The van der Waals surface area contributed by atoms with E-state index in [4.69, 9.17) is 16.7 Å². The van der Waals surface area contributed by atoms with E-state index in [-0.39, 0.29) is 6.54 Å². The fourth-order valence-corrected chi connectivity index (χ4v) is 2.30. The molecular formula is C9H9ClN6O2S. The Morgan fingerprint density at radius 1 is 1.53 bits per heavy atom. The Bertz CT molecular complexity index is 584. The molecule has 0 spiro atoms. The van der Waals surface area contributed by atoms with Gasteiger partial charge in [-0.2, -0.15) is 0 Å². The summed E-state index contributed by atoms with van der Waals surface area (Å²) in [4.78, 5) is 18.9. The van der Waals surface area contributed by atoms with E-state index in [0.29, 0.717) is 21.9 Å². The summed E-state index contributed by atoms with van der Waals surface area (Å²) in [6.07, 6.45) is 0. The Labute approximate surface area is 117 Å². The third-order valence-corrected chi connectivity index (χ3v) is 3.13. The van der Waals surface area contributed by atoms with Crippen LogP contribution in [-0.4, -0.2) is 41.3 Å². The van der Waals surface area contributed by atoms with Crippen molar-refractivity contribution in [3.63, 3.8) is 0 Å². The normalized spacial score (nSPS) is 10.6. The molecule has 0 fully saturated rings. The molecule has 100 valence electrons. The van der Waals surface area contributed by atoms with E-state index in [9.17, 15) is 4.79 Å². The van der Waals surface area contributed by atoms with Gasteiger partial charge in [-0.3, -0.25) is 4.79 Å². The number of aryl methyl sites for hydroxylation is 1. The molecule has 2 rings (SSSR count). The largest absolute Gasteiger partial charge is 0.480 e. The van der Waals surface area contributed by atoms with E-state index < -0.39 is 5.97 Å². The van der Waals surface area contributed by atoms with Crippen LogP contribution in [0.2, 0.25) is 5.15 Å². The van der Waals surface area contributed by atoms with E-state index in [1.807, 2.05) is 6.92 Å². The van der Waals surface area contributed by atoms with Crippen LogP contribution in [0.5, 0.6) is 0 Å². The number of carbonyl (C=O) groups is 1. The topological polar surface area (TPSA) is 107 Å². The quantitative estimate of drug-likeness (QED) is 0.638. The lowest BCUT2D eigenvalue weighted by molar-refractivity contribution is -0.138. The molecule has 0 aliphatic carbocycles. The van der Waals surface area contributed by atoms with Crippen LogP contribution < -0.4 is 0 Å². The first-order chi connectivity index (χ1) is 9.04. The van der Waals surface area contributed by atoms with E-state index in [1.165, 1.54) is 16.4 Å². The highest BCUT2D eigenvalue weighted by Gasteiger charge is 2.11. The molecule has 0 aliphatic heterocycles. The number of hydrogen-bond acceptors (Lipinski definition) is 7. The Hall–Kier alpha value is -1.74. The summed E-state index contributed by atoms with van der Waals surface area (Å²) in [5, 5.41) is 20.2. The molecule has 0 unspecified atom stereocenters. The fraction of sp³-hybridized carbons (Fsp3) is 0.333. The first-order valence-corrected chi connectivity index (χ1v) is 6.52. The SMILES string of the molecule is Cc1cc(Cl)nc(CSc2nnnn2CC(=O)O)n1. The monoisotopic (exact) mass is 300 g/mol. The molecule has 0 saturated heterocycles. The van der Waals surface area contributed by atoms with Gasteiger partial charge in [0.2, 0.25) is 5.16 Å². The highest BCUT2D eigenvalue weighted by Crippen LogP contribution is 2.19. The van der Waals surface area contributed by atoms with Crippen molar-refractivity contribution in [2.45, 2.75) is 24.4 Å². The summed E-state index contributed by atoms with van der Waals surface area (Å²) in [7, 11) is 0. The van der Waals surface area contributed by atoms with Gasteiger partial charge in [0.05, 0.1) is 5.75 Å². The molecule has 1 N–H and O–H groups in total. The Balaban J connectivity index is 2.06. The zero-order valence-electron chi connectivity index (χ0n) is 9.82. The average molecular weight is 301 g/mol. The van der Waals surface area contributed by atoms with Crippen LogP contribution in [0, 0.1) is 6.92 Å². The maximum absolute atomic E-state index is 10.6. The maximum atomic E-state index is 10.6. The van der Waals surface area contributed by atoms with Gasteiger partial charge in [-0.25, -0.2) is 14.6 Å². The molecule has 2 heterocycles. The van der Waals surface area contributed by atoms with Gasteiger partial charge in [0.15, 0.2) is 0 Å². The minimum absolute atomic E-state index is 0.287. The van der Waals surface area contributed by atoms with Crippen molar-refractivity contribution >= 4 is 29.3 Å². The van der Waals surface area contributed by atoms with Gasteiger partial charge in [0.1, 0.15) is 17.5 Å². The molecule has 2 aromatic rings. The highest BCUT2D eigenvalue weighted by atomic mass is 35.5. The van der Waals surface area contributed by atoms with Crippen molar-refractivity contribution in [2.75, 3.05) is 0 Å². The molecule has 0 saturated carbocycles. The summed E-state index contributed by atoms with van der Waals surface area (Å²) in [6, 6.07) is 1.66. The van der Waals surface area contributed by atoms with Gasteiger partial charge in [-0.1, -0.05) is 23.4 Å². The number of rotatable bonds is 5. The smallest absolute Gasteiger partial charge is 0.325 e. The number of carboxylic acids is 1. The van der Waals surface area contributed by atoms with Crippen LogP contribution in [0.4, 0.5) is 0 Å². The van der Waals surface area contributed by atoms with Gasteiger partial charge in [0.25, 0.3) is 0 Å². The molecule has 0 aliphatic rings. The van der Waals surface area contributed by atoms with Crippen molar-refractivity contribution in [3.8, 4) is 0 Å². The minimum Gasteiger partial charge on any atom is -0.480 e. The van der Waals surface area contributed by atoms with Crippen LogP contribution in [0.1, 0.15) is 11.5 Å². The van der Waals surface area contributed by atoms with Gasteiger partial charge in [0, 0.05) is 5.69 Å². The lowest BCUT2D eigenvalue weighted by Gasteiger charge is -2.02. The van der Waals surface area contributed by atoms with Crippen molar-refractivity contribution in [1.82, 2.24) is 30.2 Å². The average Bonchev–Trinajstić information content (AvgIpc) is 2.71. The van der Waals surface area contributed by atoms with Crippen LogP contribution in [0.15, 0.2) is 11.2 Å². The second-order valence-corrected chi connectivity index (χ2v) is 4.88. The predicted molar refractivity (Wildman–Crippen MR) is 66.8 cm³/mol. The van der Waals surface area contributed by atoms with Gasteiger partial charge in [-0.05, 0) is 23.4 Å². The first-order valence-electron chi connectivity index (χ1n) is 5.15. The highest BCUT2D eigenvalue weighted by molar-refractivity contribution is 7.98. The molecule has 10 heteroatoms. The lowest BCUT2D eigenvalue weighted by atomic mass is 10.4. The van der Waals surface area contributed by atoms with E-state index >= 15 is 0 Å². The Morgan fingerprint density at radius 3 is 3.00 bits per heavy atom. The number of thioether (sulfide) groups is 1. The Morgan fingerprint density at radius 2 is 2.32 bits per heavy atom. The summed E-state index contributed by atoms with van der Waals surface area (Å²) in [5.41, 5.74) is 0.765. The summed E-state index contributed by atoms with van der Waals surface area (Å²) in [6.45, 7) is 1.53. The number of carboxylic acid groups (broad SMARTS) is 1. The molecule has 8 nitrogen and oxygen atoms in total. The van der Waals surface area contributed by atoms with Crippen LogP contribution in [-0.2, 0) is 17.1 Å². The van der Waals surface area contributed by atoms with Gasteiger partial charge >= 0.3 is 5.97 Å². The minimum atomic E-state index is -1.01. The maximum Gasteiger partial charge on any atom is 0.325 e. The van der Waals surface area contributed by atoms with Crippen molar-refractivity contribution < 1.29 is 9.90 Å². The summed E-state index contributed by atoms with van der Waals surface area (Å²) >= 11 is 7.07. The molecule has 19 heavy (non-hydrogen) atoms. The first kappa shape index (κ1) is 13.7. The molecule has 0 amide bonds. The fourth-order valence-electron chi connectivity index (χ4n) is 1.31. The number of tetrazole rings is 1. The van der Waals surface area contributed by atoms with Gasteiger partial charge in [-0.15, -0.1) is 5.10 Å².